The maximum Gasteiger partial charge on any atom is 0.234 e. The van der Waals surface area contributed by atoms with Gasteiger partial charge in [0.2, 0.25) is 5.91 Å². The third kappa shape index (κ3) is 4.34. The van der Waals surface area contributed by atoms with E-state index in [-0.39, 0.29) is 11.7 Å². The summed E-state index contributed by atoms with van der Waals surface area (Å²) in [4.78, 5) is 13.6. The molecule has 0 saturated heterocycles. The summed E-state index contributed by atoms with van der Waals surface area (Å²) in [6, 6.07) is 16.2. The number of aryl methyl sites for hydroxylation is 2. The Hall–Kier alpha value is -3.30. The van der Waals surface area contributed by atoms with Gasteiger partial charge in [0, 0.05) is 28.5 Å². The summed E-state index contributed by atoms with van der Waals surface area (Å²) in [6.07, 6.45) is 5.77. The van der Waals surface area contributed by atoms with Crippen molar-refractivity contribution in [3.8, 4) is 11.3 Å². The van der Waals surface area contributed by atoms with Gasteiger partial charge in [-0.3, -0.25) is 9.20 Å². The van der Waals surface area contributed by atoms with Crippen molar-refractivity contribution < 1.29 is 4.79 Å². The molecule has 0 unspecified atom stereocenters. The second-order valence-electron chi connectivity index (χ2n) is 7.70. The van der Waals surface area contributed by atoms with E-state index in [1.165, 1.54) is 22.9 Å². The Bertz CT molecular complexity index is 1490. The minimum Gasteiger partial charge on any atom is -0.325 e. The standard InChI is InChI=1S/C24H22N6OS2/c1-15-7-8-17(11-16(15)2)20-13-21-23-26-27-24(29(23)9-10-30(21)28-20)33-14-22(31)25-18-5-4-6-19(12-18)32-3/h4-13H,14H2,1-3H3,(H,25,31). The predicted octanol–water partition coefficient (Wildman–Crippen LogP) is 5.11. The number of nitrogens with zero attached hydrogens (tertiary/aromatic N) is 5. The van der Waals surface area contributed by atoms with Crippen molar-refractivity contribution in [2.75, 3.05) is 17.3 Å². The quantitative estimate of drug-likeness (QED) is 0.345. The number of aromatic nitrogens is 5. The summed E-state index contributed by atoms with van der Waals surface area (Å²) in [6.45, 7) is 4.20. The molecule has 33 heavy (non-hydrogen) atoms. The first-order valence-corrected chi connectivity index (χ1v) is 12.6. The van der Waals surface area contributed by atoms with Crippen LogP contribution in [0.1, 0.15) is 11.1 Å². The first-order valence-electron chi connectivity index (χ1n) is 10.4. The molecule has 5 aromatic rings. The molecule has 0 bridgehead atoms. The zero-order valence-electron chi connectivity index (χ0n) is 18.4. The number of hydrogen-bond acceptors (Lipinski definition) is 6. The van der Waals surface area contributed by atoms with Crippen molar-refractivity contribution in [2.24, 2.45) is 0 Å². The van der Waals surface area contributed by atoms with Crippen LogP contribution in [-0.2, 0) is 4.79 Å². The molecule has 0 aliphatic heterocycles. The first-order chi connectivity index (χ1) is 16.0. The number of hydrogen-bond donors (Lipinski definition) is 1. The average Bonchev–Trinajstić information content (AvgIpc) is 3.43. The van der Waals surface area contributed by atoms with Gasteiger partial charge in [-0.2, -0.15) is 5.10 Å². The molecule has 166 valence electrons. The van der Waals surface area contributed by atoms with Crippen molar-refractivity contribution in [3.63, 3.8) is 0 Å². The summed E-state index contributed by atoms with van der Waals surface area (Å²) in [7, 11) is 0. The number of thioether (sulfide) groups is 2. The van der Waals surface area contributed by atoms with E-state index in [1.54, 1.807) is 11.8 Å². The molecular weight excluding hydrogens is 452 g/mol. The second kappa shape index (κ2) is 8.92. The Morgan fingerprint density at radius 2 is 1.91 bits per heavy atom. The van der Waals surface area contributed by atoms with Gasteiger partial charge < -0.3 is 5.32 Å². The van der Waals surface area contributed by atoms with Crippen molar-refractivity contribution in [1.82, 2.24) is 24.2 Å². The van der Waals surface area contributed by atoms with Gasteiger partial charge >= 0.3 is 0 Å². The molecule has 3 aromatic heterocycles. The van der Waals surface area contributed by atoms with Crippen LogP contribution in [0, 0.1) is 13.8 Å². The van der Waals surface area contributed by atoms with E-state index >= 15 is 0 Å². The normalized spacial score (nSPS) is 11.4. The van der Waals surface area contributed by atoms with Crippen LogP contribution in [0.5, 0.6) is 0 Å². The maximum atomic E-state index is 12.5. The third-order valence-electron chi connectivity index (χ3n) is 5.47. The molecule has 0 saturated carbocycles. The Morgan fingerprint density at radius 3 is 2.73 bits per heavy atom. The molecule has 7 nitrogen and oxygen atoms in total. The molecule has 9 heteroatoms. The minimum atomic E-state index is -0.0857. The summed E-state index contributed by atoms with van der Waals surface area (Å²) in [5, 5.41) is 17.0. The highest BCUT2D eigenvalue weighted by molar-refractivity contribution is 7.99. The van der Waals surface area contributed by atoms with Crippen LogP contribution in [0.2, 0.25) is 0 Å². The Kier molecular flexibility index (Phi) is 5.82. The molecule has 1 N–H and O–H groups in total. The summed E-state index contributed by atoms with van der Waals surface area (Å²) in [5.41, 5.74) is 6.79. The van der Waals surface area contributed by atoms with Gasteiger partial charge in [-0.15, -0.1) is 22.0 Å². The molecule has 0 radical (unpaired) electrons. The van der Waals surface area contributed by atoms with Crippen LogP contribution in [0.4, 0.5) is 5.69 Å². The lowest BCUT2D eigenvalue weighted by molar-refractivity contribution is -0.113. The second-order valence-corrected chi connectivity index (χ2v) is 9.52. The maximum absolute atomic E-state index is 12.5. The Labute approximate surface area is 199 Å². The van der Waals surface area contributed by atoms with E-state index in [0.717, 1.165) is 27.4 Å². The van der Waals surface area contributed by atoms with Crippen LogP contribution < -0.4 is 5.32 Å². The van der Waals surface area contributed by atoms with Crippen molar-refractivity contribution in [3.05, 3.63) is 72.1 Å². The van der Waals surface area contributed by atoms with Crippen molar-refractivity contribution in [1.29, 1.82) is 0 Å². The largest absolute Gasteiger partial charge is 0.325 e. The van der Waals surface area contributed by atoms with E-state index in [4.69, 9.17) is 5.10 Å². The molecule has 0 aliphatic carbocycles. The van der Waals surface area contributed by atoms with Crippen molar-refractivity contribution >= 4 is 46.3 Å². The first kappa shape index (κ1) is 21.5. The molecule has 0 atom stereocenters. The Balaban J connectivity index is 1.36. The third-order valence-corrected chi connectivity index (χ3v) is 7.14. The highest BCUT2D eigenvalue weighted by Crippen LogP contribution is 2.26. The van der Waals surface area contributed by atoms with Crippen molar-refractivity contribution in [2.45, 2.75) is 23.9 Å². The number of rotatable bonds is 6. The lowest BCUT2D eigenvalue weighted by atomic mass is 10.0. The van der Waals surface area contributed by atoms with Gasteiger partial charge in [-0.05, 0) is 61.6 Å². The lowest BCUT2D eigenvalue weighted by Gasteiger charge is -2.06. The topological polar surface area (TPSA) is 76.6 Å². The number of carbonyl (C=O) groups is 1. The molecule has 5 rings (SSSR count). The minimum absolute atomic E-state index is 0.0857. The zero-order chi connectivity index (χ0) is 22.9. The SMILES string of the molecule is CSc1cccc(NC(=O)CSc2nnc3c4cc(-c5ccc(C)c(C)c5)nn4ccn23)c1. The van der Waals surface area contributed by atoms with Crippen LogP contribution in [0.25, 0.3) is 22.4 Å². The monoisotopic (exact) mass is 474 g/mol. The van der Waals surface area contributed by atoms with Gasteiger partial charge in [-0.1, -0.05) is 30.0 Å². The van der Waals surface area contributed by atoms with Crippen LogP contribution in [0.15, 0.2) is 71.0 Å². The predicted molar refractivity (Wildman–Crippen MR) is 134 cm³/mol. The fourth-order valence-corrected chi connectivity index (χ4v) is 4.74. The fraction of sp³-hybridized carbons (Fsp3) is 0.167. The molecule has 0 aliphatic rings. The highest BCUT2D eigenvalue weighted by atomic mass is 32.2. The smallest absolute Gasteiger partial charge is 0.234 e. The van der Waals surface area contributed by atoms with Gasteiger partial charge in [0.15, 0.2) is 10.8 Å². The summed E-state index contributed by atoms with van der Waals surface area (Å²) < 4.78 is 3.71. The van der Waals surface area contributed by atoms with E-state index in [1.807, 2.05) is 57.9 Å². The lowest BCUT2D eigenvalue weighted by Crippen LogP contribution is -2.14. The van der Waals surface area contributed by atoms with Crippen LogP contribution >= 0.6 is 23.5 Å². The van der Waals surface area contributed by atoms with Gasteiger partial charge in [0.05, 0.1) is 11.4 Å². The van der Waals surface area contributed by atoms with Gasteiger partial charge in [0.1, 0.15) is 5.52 Å². The fourth-order valence-electron chi connectivity index (χ4n) is 3.56. The molecule has 0 spiro atoms. The zero-order valence-corrected chi connectivity index (χ0v) is 20.1. The number of anilines is 1. The van der Waals surface area contributed by atoms with E-state index < -0.39 is 0 Å². The number of amides is 1. The van der Waals surface area contributed by atoms with E-state index in [9.17, 15) is 4.79 Å². The number of benzene rings is 2. The van der Waals surface area contributed by atoms with E-state index in [2.05, 4.69) is 47.6 Å². The summed E-state index contributed by atoms with van der Waals surface area (Å²) >= 11 is 2.99. The number of nitrogens with one attached hydrogen (secondary N) is 1. The van der Waals surface area contributed by atoms with E-state index in [0.29, 0.717) is 10.8 Å². The molecule has 1 amide bonds. The molecule has 0 fully saturated rings. The van der Waals surface area contributed by atoms with Gasteiger partial charge in [-0.25, -0.2) is 4.52 Å². The Morgan fingerprint density at radius 1 is 1.03 bits per heavy atom. The van der Waals surface area contributed by atoms with Gasteiger partial charge in [0.25, 0.3) is 0 Å². The average molecular weight is 475 g/mol. The number of carbonyl (C=O) groups excluding carboxylic acids is 1. The highest BCUT2D eigenvalue weighted by Gasteiger charge is 2.14. The summed E-state index contributed by atoms with van der Waals surface area (Å²) in [5.74, 6) is 0.153. The molecule has 2 aromatic carbocycles. The molecule has 3 heterocycles. The number of fused-ring (bicyclic) bond motifs is 3. The molecular formula is C24H22N6OS2. The van der Waals surface area contributed by atoms with Crippen LogP contribution in [-0.4, -0.2) is 42.1 Å². The van der Waals surface area contributed by atoms with Crippen LogP contribution in [0.3, 0.4) is 0 Å².